The number of thiazole rings is 1. The summed E-state index contributed by atoms with van der Waals surface area (Å²) in [6.07, 6.45) is 3.27. The molecule has 0 radical (unpaired) electrons. The number of nitrogens with zero attached hydrogens (tertiary/aromatic N) is 3. The smallest absolute Gasteiger partial charge is 0.411 e. The molecule has 1 N–H and O–H groups in total. The molecule has 1 aromatic heterocycles. The zero-order valence-corrected chi connectivity index (χ0v) is 22.5. The summed E-state index contributed by atoms with van der Waals surface area (Å²) in [6, 6.07) is 15.7. The van der Waals surface area contributed by atoms with Gasteiger partial charge in [-0.25, -0.2) is 4.79 Å². The summed E-state index contributed by atoms with van der Waals surface area (Å²) in [6.45, 7) is 8.14. The number of amides is 2. The van der Waals surface area contributed by atoms with Crippen molar-refractivity contribution in [3.8, 4) is 0 Å². The predicted octanol–water partition coefficient (Wildman–Crippen LogP) is 5.90. The minimum absolute atomic E-state index is 0.0369. The van der Waals surface area contributed by atoms with Crippen LogP contribution in [0, 0.1) is 0 Å². The second-order valence-corrected chi connectivity index (χ2v) is 9.91. The Morgan fingerprint density at radius 3 is 2.32 bits per heavy atom. The van der Waals surface area contributed by atoms with Crippen molar-refractivity contribution < 1.29 is 14.3 Å². The number of hydrogen-bond donors (Lipinski definition) is 1. The number of hydrogen-bond acceptors (Lipinski definition) is 6. The first-order valence-corrected chi connectivity index (χ1v) is 13.6. The van der Waals surface area contributed by atoms with E-state index < -0.39 is 6.09 Å². The van der Waals surface area contributed by atoms with E-state index in [1.54, 1.807) is 11.3 Å². The van der Waals surface area contributed by atoms with Crippen LogP contribution in [-0.2, 0) is 11.3 Å². The Hall–Kier alpha value is -3.49. The van der Waals surface area contributed by atoms with Crippen LogP contribution >= 0.6 is 11.3 Å². The van der Waals surface area contributed by atoms with E-state index in [9.17, 15) is 9.59 Å². The molecule has 4 rings (SSSR count). The summed E-state index contributed by atoms with van der Waals surface area (Å²) < 4.78 is 4.87. The van der Waals surface area contributed by atoms with Gasteiger partial charge in [0.15, 0.2) is 0 Å². The maximum atomic E-state index is 12.9. The number of rotatable bonds is 8. The van der Waals surface area contributed by atoms with Gasteiger partial charge in [0, 0.05) is 54.9 Å². The summed E-state index contributed by atoms with van der Waals surface area (Å²) in [5, 5.41) is 2.88. The molecule has 0 unspecified atom stereocenters. The average molecular weight is 519 g/mol. The number of methoxy groups -OCH3 is 1. The third kappa shape index (κ3) is 6.45. The molecule has 8 heteroatoms. The Balaban J connectivity index is 1.69. The van der Waals surface area contributed by atoms with Crippen molar-refractivity contribution in [2.45, 2.75) is 33.2 Å². The molecule has 0 spiro atoms. The van der Waals surface area contributed by atoms with Crippen LogP contribution < -0.4 is 5.32 Å². The third-order valence-corrected chi connectivity index (χ3v) is 7.53. The number of anilines is 1. The zero-order chi connectivity index (χ0) is 26.2. The normalized spacial score (nSPS) is 13.8. The van der Waals surface area contributed by atoms with Gasteiger partial charge < -0.3 is 9.64 Å². The fourth-order valence-electron chi connectivity index (χ4n) is 4.77. The lowest BCUT2D eigenvalue weighted by Gasteiger charge is -2.30. The molecule has 0 saturated carbocycles. The fourth-order valence-corrected chi connectivity index (χ4v) is 5.40. The van der Waals surface area contributed by atoms with Crippen LogP contribution in [0.1, 0.15) is 53.1 Å². The highest BCUT2D eigenvalue weighted by atomic mass is 32.1. The molecular weight excluding hydrogens is 484 g/mol. The highest BCUT2D eigenvalue weighted by Crippen LogP contribution is 2.36. The van der Waals surface area contributed by atoms with Crippen molar-refractivity contribution in [1.29, 1.82) is 0 Å². The second kappa shape index (κ2) is 12.7. The van der Waals surface area contributed by atoms with Gasteiger partial charge in [0.2, 0.25) is 0 Å². The van der Waals surface area contributed by atoms with Gasteiger partial charge in [-0.15, -0.1) is 11.3 Å². The molecule has 2 heterocycles. The van der Waals surface area contributed by atoms with Crippen LogP contribution in [0.4, 0.5) is 10.5 Å². The number of ether oxygens (including phenoxy) is 1. The van der Waals surface area contributed by atoms with E-state index in [0.717, 1.165) is 49.2 Å². The van der Waals surface area contributed by atoms with Gasteiger partial charge in [-0.3, -0.25) is 20.0 Å². The summed E-state index contributed by atoms with van der Waals surface area (Å²) in [5.41, 5.74) is 7.67. The fraction of sp³-hybridized carbons (Fsp3) is 0.345. The van der Waals surface area contributed by atoms with Crippen molar-refractivity contribution in [2.24, 2.45) is 0 Å². The van der Waals surface area contributed by atoms with Gasteiger partial charge >= 0.3 is 6.09 Å². The topological polar surface area (TPSA) is 74.8 Å². The molecule has 1 fully saturated rings. The first-order chi connectivity index (χ1) is 18.0. The largest absolute Gasteiger partial charge is 0.453 e. The lowest BCUT2D eigenvalue weighted by Crippen LogP contribution is -2.30. The van der Waals surface area contributed by atoms with Gasteiger partial charge in [-0.2, -0.15) is 0 Å². The van der Waals surface area contributed by atoms with E-state index in [0.29, 0.717) is 24.3 Å². The monoisotopic (exact) mass is 518 g/mol. The Labute approximate surface area is 222 Å². The predicted molar refractivity (Wildman–Crippen MR) is 149 cm³/mol. The number of piperidine rings is 1. The van der Waals surface area contributed by atoms with Gasteiger partial charge in [0.05, 0.1) is 18.3 Å². The van der Waals surface area contributed by atoms with Crippen LogP contribution in [0.5, 0.6) is 0 Å². The van der Waals surface area contributed by atoms with E-state index >= 15 is 0 Å². The lowest BCUT2D eigenvalue weighted by molar-refractivity contribution is 0.0773. The molecule has 1 aliphatic heterocycles. The molecule has 1 saturated heterocycles. The van der Waals surface area contributed by atoms with Crippen LogP contribution in [0.15, 0.2) is 65.8 Å². The molecule has 0 aliphatic carbocycles. The van der Waals surface area contributed by atoms with Crippen molar-refractivity contribution in [1.82, 2.24) is 14.8 Å². The number of carbonyl (C=O) groups excluding carboxylic acids is 2. The molecule has 194 valence electrons. The van der Waals surface area contributed by atoms with Crippen LogP contribution in [-0.4, -0.2) is 60.1 Å². The molecular formula is C29H34N4O3S. The van der Waals surface area contributed by atoms with Crippen molar-refractivity contribution >= 4 is 34.6 Å². The number of benzene rings is 2. The molecule has 2 amide bonds. The number of likely N-dealkylation sites (tertiary alicyclic amines) is 1. The number of para-hydroxylation sites is 1. The Kier molecular flexibility index (Phi) is 9.09. The highest BCUT2D eigenvalue weighted by molar-refractivity contribution is 7.09. The SMILES string of the molecule is CCN(CC)C(=O)c1ccc(C(=C2CCN(Cc3cncs3)CC2)c2ccccc2NC(=O)OC)cc1. The summed E-state index contributed by atoms with van der Waals surface area (Å²) in [4.78, 5) is 34.7. The maximum Gasteiger partial charge on any atom is 0.411 e. The summed E-state index contributed by atoms with van der Waals surface area (Å²) in [7, 11) is 1.36. The minimum Gasteiger partial charge on any atom is -0.453 e. The third-order valence-electron chi connectivity index (χ3n) is 6.77. The Bertz CT molecular complexity index is 1220. The van der Waals surface area contributed by atoms with E-state index in [1.807, 2.05) is 79.0 Å². The van der Waals surface area contributed by atoms with Crippen LogP contribution in [0.25, 0.3) is 5.57 Å². The molecule has 0 bridgehead atoms. The molecule has 1 aliphatic rings. The average Bonchev–Trinajstić information content (AvgIpc) is 3.45. The molecule has 2 aromatic carbocycles. The Morgan fingerprint density at radius 2 is 1.70 bits per heavy atom. The maximum absolute atomic E-state index is 12.9. The number of carbonyl (C=O) groups is 2. The van der Waals surface area contributed by atoms with E-state index in [4.69, 9.17) is 4.74 Å². The van der Waals surface area contributed by atoms with Gasteiger partial charge in [0.25, 0.3) is 5.91 Å². The molecule has 7 nitrogen and oxygen atoms in total. The standard InChI is InChI=1S/C29H34N4O3S/c1-4-33(5-2)28(34)23-12-10-21(11-13-23)27(25-8-6-7-9-26(25)31-29(35)36-3)22-14-16-32(17-15-22)19-24-18-30-20-37-24/h6-13,18,20H,4-5,14-17,19H2,1-3H3,(H,31,35). The van der Waals surface area contributed by atoms with Crippen LogP contribution in [0.2, 0.25) is 0 Å². The van der Waals surface area contributed by atoms with Crippen LogP contribution in [0.3, 0.4) is 0 Å². The quantitative estimate of drug-likeness (QED) is 0.402. The van der Waals surface area contributed by atoms with Crippen molar-refractivity contribution in [3.63, 3.8) is 0 Å². The van der Waals surface area contributed by atoms with Crippen molar-refractivity contribution in [2.75, 3.05) is 38.6 Å². The minimum atomic E-state index is -0.503. The summed E-state index contributed by atoms with van der Waals surface area (Å²) in [5.74, 6) is 0.0369. The van der Waals surface area contributed by atoms with Crippen molar-refractivity contribution in [3.05, 3.63) is 87.4 Å². The van der Waals surface area contributed by atoms with Gasteiger partial charge in [-0.1, -0.05) is 35.9 Å². The van der Waals surface area contributed by atoms with Gasteiger partial charge in [-0.05, 0) is 56.0 Å². The number of aromatic nitrogens is 1. The number of nitrogens with one attached hydrogen (secondary N) is 1. The summed E-state index contributed by atoms with van der Waals surface area (Å²) >= 11 is 1.69. The van der Waals surface area contributed by atoms with E-state index in [-0.39, 0.29) is 5.91 Å². The lowest BCUT2D eigenvalue weighted by atomic mass is 9.87. The first-order valence-electron chi connectivity index (χ1n) is 12.7. The van der Waals surface area contributed by atoms with E-state index in [2.05, 4.69) is 15.2 Å². The molecule has 3 aromatic rings. The van der Waals surface area contributed by atoms with Gasteiger partial charge in [0.1, 0.15) is 0 Å². The second-order valence-electron chi connectivity index (χ2n) is 8.94. The zero-order valence-electron chi connectivity index (χ0n) is 21.7. The van der Waals surface area contributed by atoms with E-state index in [1.165, 1.54) is 17.6 Å². The highest BCUT2D eigenvalue weighted by Gasteiger charge is 2.22. The molecule has 0 atom stereocenters. The Morgan fingerprint density at radius 1 is 1.03 bits per heavy atom. The first kappa shape index (κ1) is 26.6. The molecule has 37 heavy (non-hydrogen) atoms.